The molecule has 0 spiro atoms. The molecule has 0 saturated heterocycles. The maximum Gasteiger partial charge on any atom is 0.269 e. The number of hydrogen-bond acceptors (Lipinski definition) is 9. The Morgan fingerprint density at radius 3 is 2.19 bits per heavy atom. The van der Waals surface area contributed by atoms with Crippen molar-refractivity contribution in [2.75, 3.05) is 24.5 Å². The first-order chi connectivity index (χ1) is 22.3. The van der Waals surface area contributed by atoms with Crippen molar-refractivity contribution < 1.29 is 41.4 Å². The smallest absolute Gasteiger partial charge is 0.269 e. The molecule has 1 atom stereocenters. The zero-order valence-electron chi connectivity index (χ0n) is 25.9. The maximum absolute atomic E-state index is 14.3. The molecule has 13 nitrogen and oxygen atoms in total. The van der Waals surface area contributed by atoms with Crippen molar-refractivity contribution in [2.24, 2.45) is 0 Å². The third-order valence-corrected chi connectivity index (χ3v) is 12.3. The Morgan fingerprint density at radius 2 is 1.60 bits per heavy atom. The predicted octanol–water partition coefficient (Wildman–Crippen LogP) is 3.11. The van der Waals surface area contributed by atoms with Crippen molar-refractivity contribution >= 4 is 43.5 Å². The van der Waals surface area contributed by atoms with Gasteiger partial charge in [0.05, 0.1) is 10.5 Å². The number of nitrogens with zero attached hydrogens (tertiary/aromatic N) is 3. The first-order valence-electron chi connectivity index (χ1n) is 15.2. The second-order valence-corrected chi connectivity index (χ2v) is 15.1. The summed E-state index contributed by atoms with van der Waals surface area (Å²) in [5.41, 5.74) is -0.00568. The molecule has 2 aliphatic rings. The summed E-state index contributed by atoms with van der Waals surface area (Å²) in [7, 11) is -8.30. The lowest BCUT2D eigenvalue weighted by atomic mass is 10.0. The van der Waals surface area contributed by atoms with E-state index in [1.165, 1.54) is 58.9 Å². The molecular weight excluding hydrogens is 649 g/mol. The van der Waals surface area contributed by atoms with Crippen molar-refractivity contribution in [3.63, 3.8) is 0 Å². The molecule has 5 rings (SSSR count). The Labute approximate surface area is 273 Å². The summed E-state index contributed by atoms with van der Waals surface area (Å²) < 4.78 is 54.8. The minimum atomic E-state index is -4.41. The fourth-order valence-electron chi connectivity index (χ4n) is 5.99. The average molecular weight is 685 g/mol. The lowest BCUT2D eigenvalue weighted by molar-refractivity contribution is -0.127. The summed E-state index contributed by atoms with van der Waals surface area (Å²) in [6.45, 7) is 2.86. The molecule has 15 heteroatoms. The Morgan fingerprint density at radius 1 is 0.957 bits per heavy atom. The quantitative estimate of drug-likeness (QED) is 0.256. The number of sulfonamides is 2. The fourth-order valence-corrected chi connectivity index (χ4v) is 8.97. The lowest BCUT2D eigenvalue weighted by Crippen LogP contribution is -2.50. The molecule has 47 heavy (non-hydrogen) atoms. The number of benzene rings is 3. The van der Waals surface area contributed by atoms with Crippen LogP contribution in [0.1, 0.15) is 61.5 Å². The highest BCUT2D eigenvalue weighted by molar-refractivity contribution is 7.90. The number of aromatic hydroxyl groups is 2. The van der Waals surface area contributed by atoms with Crippen molar-refractivity contribution in [1.29, 1.82) is 0 Å². The molecule has 3 amide bonds. The molecule has 250 valence electrons. The van der Waals surface area contributed by atoms with Crippen LogP contribution < -0.4 is 10.2 Å². The van der Waals surface area contributed by atoms with Gasteiger partial charge in [-0.1, -0.05) is 44.9 Å². The topological polar surface area (TPSA) is 182 Å². The van der Waals surface area contributed by atoms with Crippen molar-refractivity contribution in [3.05, 3.63) is 77.9 Å². The van der Waals surface area contributed by atoms with Crippen LogP contribution in [0.3, 0.4) is 0 Å². The van der Waals surface area contributed by atoms with Crippen molar-refractivity contribution in [1.82, 2.24) is 13.9 Å². The van der Waals surface area contributed by atoms with E-state index in [1.54, 1.807) is 13.8 Å². The first kappa shape index (κ1) is 33.9. The Balaban J connectivity index is 1.62. The summed E-state index contributed by atoms with van der Waals surface area (Å²) in [6, 6.07) is 12.6. The Bertz CT molecular complexity index is 1900. The van der Waals surface area contributed by atoms with E-state index in [2.05, 4.69) is 5.32 Å². The highest BCUT2D eigenvalue weighted by Crippen LogP contribution is 2.36. The highest BCUT2D eigenvalue weighted by Gasteiger charge is 2.44. The number of fused-ring (bicyclic) bond motifs is 1. The largest absolute Gasteiger partial charge is 0.504 e. The van der Waals surface area contributed by atoms with Crippen LogP contribution in [0.4, 0.5) is 5.69 Å². The van der Waals surface area contributed by atoms with Gasteiger partial charge in [0.15, 0.2) is 11.5 Å². The van der Waals surface area contributed by atoms with Gasteiger partial charge in [-0.15, -0.1) is 0 Å². The van der Waals surface area contributed by atoms with Gasteiger partial charge in [-0.2, -0.15) is 4.31 Å². The SMILES string of the molecule is CCN(CC)S(=O)(=O)c1ccc(N(C(=O)CN2C(=O)c3ccccc3S2(=O)=O)C(C(=O)NC2CCCC2)c2ccc(O)c(O)c2)cc1. The summed E-state index contributed by atoms with van der Waals surface area (Å²) in [4.78, 5) is 42.3. The van der Waals surface area contributed by atoms with Gasteiger partial charge in [0.2, 0.25) is 21.8 Å². The van der Waals surface area contributed by atoms with Crippen LogP contribution in [-0.2, 0) is 29.6 Å². The summed E-state index contributed by atoms with van der Waals surface area (Å²) in [5, 5.41) is 23.3. The monoisotopic (exact) mass is 684 g/mol. The molecule has 1 aliphatic carbocycles. The molecule has 1 unspecified atom stereocenters. The molecule has 1 saturated carbocycles. The molecule has 3 N–H and O–H groups in total. The van der Waals surface area contributed by atoms with Crippen molar-refractivity contribution in [2.45, 2.75) is 61.4 Å². The lowest BCUT2D eigenvalue weighted by Gasteiger charge is -2.33. The first-order valence-corrected chi connectivity index (χ1v) is 18.1. The Kier molecular flexibility index (Phi) is 9.61. The fraction of sp³-hybridized carbons (Fsp3) is 0.344. The molecule has 0 bridgehead atoms. The number of amides is 3. The molecule has 1 fully saturated rings. The number of hydrogen-bond donors (Lipinski definition) is 3. The second-order valence-electron chi connectivity index (χ2n) is 11.3. The van der Waals surface area contributed by atoms with E-state index in [0.717, 1.165) is 29.9 Å². The zero-order valence-corrected chi connectivity index (χ0v) is 27.5. The van der Waals surface area contributed by atoms with Gasteiger partial charge in [0.1, 0.15) is 17.5 Å². The minimum absolute atomic E-state index is 0.0224. The van der Waals surface area contributed by atoms with Gasteiger partial charge in [-0.3, -0.25) is 19.3 Å². The minimum Gasteiger partial charge on any atom is -0.504 e. The van der Waals surface area contributed by atoms with E-state index in [9.17, 15) is 41.4 Å². The van der Waals surface area contributed by atoms with Crippen LogP contribution in [0.5, 0.6) is 11.5 Å². The molecule has 1 heterocycles. The van der Waals surface area contributed by atoms with E-state index >= 15 is 0 Å². The van der Waals surface area contributed by atoms with Gasteiger partial charge in [0.25, 0.3) is 15.9 Å². The van der Waals surface area contributed by atoms with Gasteiger partial charge in [-0.05, 0) is 66.9 Å². The Hall–Kier alpha value is -4.47. The summed E-state index contributed by atoms with van der Waals surface area (Å²) in [5.74, 6) is -3.59. The van der Waals surface area contributed by atoms with E-state index in [0.29, 0.717) is 17.1 Å². The summed E-state index contributed by atoms with van der Waals surface area (Å²) >= 11 is 0. The number of nitrogens with one attached hydrogen (secondary N) is 1. The average Bonchev–Trinajstić information content (AvgIpc) is 3.62. The van der Waals surface area contributed by atoms with Crippen LogP contribution in [-0.4, -0.2) is 79.1 Å². The van der Waals surface area contributed by atoms with Crippen LogP contribution in [0.15, 0.2) is 76.5 Å². The van der Waals surface area contributed by atoms with Crippen LogP contribution in [0, 0.1) is 0 Å². The van der Waals surface area contributed by atoms with E-state index in [-0.39, 0.29) is 45.7 Å². The van der Waals surface area contributed by atoms with E-state index < -0.39 is 61.9 Å². The number of carbonyl (C=O) groups excluding carboxylic acids is 3. The van der Waals surface area contributed by atoms with Gasteiger partial charge >= 0.3 is 0 Å². The molecular formula is C32H36N4O9S2. The third kappa shape index (κ3) is 6.42. The zero-order chi connectivity index (χ0) is 34.1. The van der Waals surface area contributed by atoms with Gasteiger partial charge < -0.3 is 15.5 Å². The number of rotatable bonds is 11. The standard InChI is InChI=1S/C32H36N4O9S2/c1-3-34(4-2)46(42,43)24-16-14-23(15-17-24)36(29(39)20-35-32(41)25-11-7-8-12-28(25)47(35,44)45)30(21-13-18-26(37)27(38)19-21)31(40)33-22-9-5-6-10-22/h7-8,11-19,22,30,37-38H,3-6,9-10,20H2,1-2H3,(H,33,40). The number of phenolic OH excluding ortho intramolecular Hbond substituents is 2. The van der Waals surface area contributed by atoms with Crippen LogP contribution in [0.2, 0.25) is 0 Å². The normalized spacial score (nSPS) is 16.7. The van der Waals surface area contributed by atoms with Crippen LogP contribution in [0.25, 0.3) is 0 Å². The second kappa shape index (κ2) is 13.3. The van der Waals surface area contributed by atoms with Crippen molar-refractivity contribution in [3.8, 4) is 11.5 Å². The summed E-state index contributed by atoms with van der Waals surface area (Å²) in [6.07, 6.45) is 3.17. The molecule has 3 aromatic rings. The van der Waals surface area contributed by atoms with Gasteiger partial charge in [0, 0.05) is 24.8 Å². The van der Waals surface area contributed by atoms with Crippen LogP contribution >= 0.6 is 0 Å². The molecule has 1 aliphatic heterocycles. The predicted molar refractivity (Wildman–Crippen MR) is 172 cm³/mol. The molecule has 3 aromatic carbocycles. The third-order valence-electron chi connectivity index (χ3n) is 8.44. The van der Waals surface area contributed by atoms with E-state index in [1.807, 2.05) is 0 Å². The highest BCUT2D eigenvalue weighted by atomic mass is 32.2. The number of carbonyl (C=O) groups is 3. The molecule has 0 radical (unpaired) electrons. The van der Waals surface area contributed by atoms with Gasteiger partial charge in [-0.25, -0.2) is 21.1 Å². The maximum atomic E-state index is 14.3. The molecule has 0 aromatic heterocycles. The van der Waals surface area contributed by atoms with E-state index in [4.69, 9.17) is 0 Å². The number of phenols is 2. The number of anilines is 1.